The van der Waals surface area contributed by atoms with Gasteiger partial charge < -0.3 is 19.8 Å². The maximum atomic E-state index is 13.1. The second-order valence-electron chi connectivity index (χ2n) is 15.4. The van der Waals surface area contributed by atoms with Crippen LogP contribution in [0.15, 0.2) is 60.8 Å². The van der Waals surface area contributed by atoms with E-state index in [1.807, 2.05) is 74.2 Å². The van der Waals surface area contributed by atoms with Crippen molar-refractivity contribution in [3.8, 4) is 22.4 Å². The molecule has 3 N–H and O–H groups in total. The molecule has 3 aromatic carbocycles. The van der Waals surface area contributed by atoms with Gasteiger partial charge in [0.05, 0.1) is 57.1 Å². The van der Waals surface area contributed by atoms with Crippen LogP contribution in [0.25, 0.3) is 55.5 Å². The molecule has 4 aliphatic rings. The molecule has 0 unspecified atom stereocenters. The molecular weight excluding hydrogens is 632 g/mol. The van der Waals surface area contributed by atoms with Crippen LogP contribution in [0.4, 0.5) is 9.59 Å². The first-order chi connectivity index (χ1) is 24.1. The number of carboxylic acid groups (broad SMARTS) is 1. The number of carbonyl (C=O) groups excluding carboxylic acids is 1. The summed E-state index contributed by atoms with van der Waals surface area (Å²) in [7, 11) is 0. The fourth-order valence-corrected chi connectivity index (χ4v) is 8.30. The van der Waals surface area contributed by atoms with Gasteiger partial charge in [-0.1, -0.05) is 18.2 Å². The number of benzene rings is 3. The molecule has 12 heteroatoms. The monoisotopic (exact) mass is 668 g/mol. The highest BCUT2D eigenvalue weighted by molar-refractivity contribution is 5.88. The summed E-state index contributed by atoms with van der Waals surface area (Å²) in [6.07, 6.45) is 4.34. The number of hydrogen-bond acceptors (Lipinski definition) is 7. The van der Waals surface area contributed by atoms with E-state index in [-0.39, 0.29) is 30.3 Å². The van der Waals surface area contributed by atoms with Gasteiger partial charge in [-0.3, -0.25) is 14.8 Å². The number of aromatic amines is 2. The molecule has 0 radical (unpaired) electrons. The maximum Gasteiger partial charge on any atom is 0.411 e. The number of likely N-dealkylation sites (tertiary alicyclic amines) is 2. The molecule has 2 aliphatic heterocycles. The van der Waals surface area contributed by atoms with Crippen LogP contribution in [-0.4, -0.2) is 74.7 Å². The van der Waals surface area contributed by atoms with Crippen LogP contribution >= 0.6 is 0 Å². The number of rotatable bonds is 4. The van der Waals surface area contributed by atoms with E-state index < -0.39 is 11.7 Å². The Morgan fingerprint density at radius 1 is 0.720 bits per heavy atom. The van der Waals surface area contributed by atoms with Crippen LogP contribution in [0.3, 0.4) is 0 Å². The summed E-state index contributed by atoms with van der Waals surface area (Å²) in [6, 6.07) is 18.2. The zero-order valence-electron chi connectivity index (χ0n) is 27.9. The van der Waals surface area contributed by atoms with Gasteiger partial charge in [0.15, 0.2) is 0 Å². The molecule has 50 heavy (non-hydrogen) atoms. The molecule has 12 nitrogen and oxygen atoms in total. The highest BCUT2D eigenvalue weighted by Crippen LogP contribution is 2.54. The summed E-state index contributed by atoms with van der Waals surface area (Å²) in [4.78, 5) is 54.8. The molecule has 2 saturated heterocycles. The number of fused-ring (bicyclic) bond motifs is 5. The molecular formula is C38H36N8O4. The third-order valence-corrected chi connectivity index (χ3v) is 10.8. The second kappa shape index (κ2) is 10.3. The number of piperidine rings is 2. The van der Waals surface area contributed by atoms with Crippen LogP contribution in [0.5, 0.6) is 0 Å². The predicted molar refractivity (Wildman–Crippen MR) is 186 cm³/mol. The number of nitrogens with one attached hydrogen (secondary N) is 2. The molecule has 2 amide bonds. The molecule has 2 saturated carbocycles. The zero-order valence-corrected chi connectivity index (χ0v) is 27.9. The van der Waals surface area contributed by atoms with E-state index in [9.17, 15) is 14.7 Å². The summed E-state index contributed by atoms with van der Waals surface area (Å²) in [5.41, 5.74) is 8.13. The minimum Gasteiger partial charge on any atom is -0.465 e. The maximum absolute atomic E-state index is 13.1. The predicted octanol–water partition coefficient (Wildman–Crippen LogP) is 7.60. The van der Waals surface area contributed by atoms with Gasteiger partial charge in [-0.05, 0) is 106 Å². The van der Waals surface area contributed by atoms with Crippen LogP contribution in [0.2, 0.25) is 0 Å². The van der Waals surface area contributed by atoms with Crippen molar-refractivity contribution >= 4 is 45.3 Å². The molecule has 6 aromatic rings. The molecule has 2 aliphatic carbocycles. The molecule has 0 spiro atoms. The SMILES string of the molecule is CC(C)(C)OC(=O)N1[C@@H]2C[C@H]2C[C@H]1c1nc2ccc(-c3cnc4cc(-c5ccc6nc([C@@H]7C[C@H]8C[C@H]8N7C(=O)O)[nH]c6c5)ccc4n3)cc2[nH]1. The van der Waals surface area contributed by atoms with Gasteiger partial charge in [0, 0.05) is 17.6 Å². The highest BCUT2D eigenvalue weighted by atomic mass is 16.6. The average molecular weight is 669 g/mol. The Kier molecular flexibility index (Phi) is 6.03. The van der Waals surface area contributed by atoms with Crippen molar-refractivity contribution in [2.75, 3.05) is 0 Å². The lowest BCUT2D eigenvalue weighted by Gasteiger charge is -2.29. The molecule has 4 fully saturated rings. The Labute approximate surface area is 286 Å². The number of amides is 2. The Morgan fingerprint density at radius 2 is 1.28 bits per heavy atom. The van der Waals surface area contributed by atoms with Gasteiger partial charge in [-0.15, -0.1) is 0 Å². The van der Waals surface area contributed by atoms with Crippen LogP contribution in [0.1, 0.15) is 70.2 Å². The number of hydrogen-bond donors (Lipinski definition) is 3. The molecule has 3 aromatic heterocycles. The Morgan fingerprint density at radius 3 is 1.92 bits per heavy atom. The lowest BCUT2D eigenvalue weighted by atomic mass is 10.0. The van der Waals surface area contributed by atoms with E-state index in [2.05, 4.69) is 16.0 Å². The zero-order chi connectivity index (χ0) is 34.1. The largest absolute Gasteiger partial charge is 0.465 e. The van der Waals surface area contributed by atoms with Crippen molar-refractivity contribution in [3.05, 3.63) is 72.4 Å². The van der Waals surface area contributed by atoms with Gasteiger partial charge in [0.25, 0.3) is 0 Å². The fourth-order valence-electron chi connectivity index (χ4n) is 8.30. The lowest BCUT2D eigenvalue weighted by molar-refractivity contribution is 0.0175. The number of ether oxygens (including phenoxy) is 1. The summed E-state index contributed by atoms with van der Waals surface area (Å²) in [6.45, 7) is 5.69. The van der Waals surface area contributed by atoms with Gasteiger partial charge in [-0.2, -0.15) is 0 Å². The third kappa shape index (κ3) is 4.79. The van der Waals surface area contributed by atoms with Crippen molar-refractivity contribution in [3.63, 3.8) is 0 Å². The number of aromatic nitrogens is 6. The molecule has 5 heterocycles. The number of carbonyl (C=O) groups is 2. The van der Waals surface area contributed by atoms with Gasteiger partial charge >= 0.3 is 12.2 Å². The minimum absolute atomic E-state index is 0.129. The van der Waals surface area contributed by atoms with E-state index in [0.29, 0.717) is 17.7 Å². The normalized spacial score (nSPS) is 25.3. The quantitative estimate of drug-likeness (QED) is 0.174. The van der Waals surface area contributed by atoms with Gasteiger partial charge in [-0.25, -0.2) is 24.5 Å². The smallest absolute Gasteiger partial charge is 0.411 e. The van der Waals surface area contributed by atoms with Crippen LogP contribution < -0.4 is 0 Å². The number of H-pyrrole nitrogens is 2. The molecule has 252 valence electrons. The van der Waals surface area contributed by atoms with Gasteiger partial charge in [0.1, 0.15) is 17.2 Å². The molecule has 6 atom stereocenters. The van der Waals surface area contributed by atoms with Crippen molar-refractivity contribution in [2.24, 2.45) is 11.8 Å². The average Bonchev–Trinajstić information content (AvgIpc) is 3.74. The van der Waals surface area contributed by atoms with E-state index in [0.717, 1.165) is 87.0 Å². The highest BCUT2D eigenvalue weighted by Gasteiger charge is 2.57. The summed E-state index contributed by atoms with van der Waals surface area (Å²) >= 11 is 0. The summed E-state index contributed by atoms with van der Waals surface area (Å²) in [5, 5.41) is 9.77. The first-order valence-electron chi connectivity index (χ1n) is 17.4. The van der Waals surface area contributed by atoms with Crippen molar-refractivity contribution < 1.29 is 19.4 Å². The van der Waals surface area contributed by atoms with E-state index in [1.54, 1.807) is 11.1 Å². The Hall–Kier alpha value is -5.52. The van der Waals surface area contributed by atoms with E-state index in [4.69, 9.17) is 24.7 Å². The first-order valence-corrected chi connectivity index (χ1v) is 17.4. The summed E-state index contributed by atoms with van der Waals surface area (Å²) in [5.74, 6) is 2.45. The standard InChI is InChI=1S/C38H36N8O4/c1-38(2,3)50-37(49)46-31-14-22(31)16-33(46)35-42-25-9-6-20(12-28(25)44-35)29-17-39-26-10-18(4-7-23(26)40-29)19-5-8-24-27(11-19)43-34(41-24)32-15-21-13-30(21)45(32)36(47)48/h4-12,17,21-22,30-33H,13-16H2,1-3H3,(H,41,43)(H,42,44)(H,47,48)/t21-,22+,30-,31-,32+,33+/m1/s1. The summed E-state index contributed by atoms with van der Waals surface area (Å²) < 4.78 is 5.75. The second-order valence-corrected chi connectivity index (χ2v) is 15.4. The number of imidazole rings is 2. The molecule has 0 bridgehead atoms. The first kappa shape index (κ1) is 29.4. The van der Waals surface area contributed by atoms with Gasteiger partial charge in [0.2, 0.25) is 0 Å². The lowest BCUT2D eigenvalue weighted by Crippen LogP contribution is -2.38. The third-order valence-electron chi connectivity index (χ3n) is 10.8. The Bertz CT molecular complexity index is 2390. The minimum atomic E-state index is -0.874. The number of nitrogens with zero attached hydrogens (tertiary/aromatic N) is 6. The van der Waals surface area contributed by atoms with Crippen molar-refractivity contribution in [1.82, 2.24) is 39.7 Å². The van der Waals surface area contributed by atoms with Crippen molar-refractivity contribution in [2.45, 2.75) is 76.2 Å². The Balaban J connectivity index is 0.902. The van der Waals surface area contributed by atoms with E-state index in [1.165, 1.54) is 0 Å². The van der Waals surface area contributed by atoms with E-state index >= 15 is 0 Å². The molecule has 10 rings (SSSR count). The van der Waals surface area contributed by atoms with Crippen LogP contribution in [-0.2, 0) is 4.74 Å². The fraction of sp³-hybridized carbons (Fsp3) is 0.368. The van der Waals surface area contributed by atoms with Crippen LogP contribution in [0, 0.1) is 11.8 Å². The van der Waals surface area contributed by atoms with Crippen molar-refractivity contribution in [1.29, 1.82) is 0 Å². The topological polar surface area (TPSA) is 153 Å².